The van der Waals surface area contributed by atoms with Crippen molar-refractivity contribution in [1.29, 1.82) is 0 Å². The van der Waals surface area contributed by atoms with E-state index in [1.807, 2.05) is 36.4 Å². The molecule has 0 aromatic heterocycles. The Kier molecular flexibility index (Phi) is 4.97. The molecule has 20 heavy (non-hydrogen) atoms. The molecule has 2 nitrogen and oxygen atoms in total. The molecule has 0 atom stereocenters. The topological polar surface area (TPSA) is 29.1 Å². The van der Waals surface area contributed by atoms with Crippen LogP contribution < -0.4 is 5.32 Å². The number of anilines is 1. The lowest BCUT2D eigenvalue weighted by atomic mass is 10.1. The highest BCUT2D eigenvalue weighted by Crippen LogP contribution is 2.14. The zero-order valence-electron chi connectivity index (χ0n) is 11.3. The molecule has 2 rings (SSSR count). The summed E-state index contributed by atoms with van der Waals surface area (Å²) in [5.41, 5.74) is 2.76. The summed E-state index contributed by atoms with van der Waals surface area (Å²) in [6.07, 6.45) is 4.12. The molecule has 1 N–H and O–H groups in total. The van der Waals surface area contributed by atoms with Gasteiger partial charge in [0.15, 0.2) is 5.78 Å². The van der Waals surface area contributed by atoms with Crippen LogP contribution >= 0.6 is 11.6 Å². The molecule has 0 aliphatic carbocycles. The smallest absolute Gasteiger partial charge is 0.187 e. The number of allylic oxidation sites excluding steroid dienone is 1. The molecule has 0 unspecified atom stereocenters. The first-order valence-electron chi connectivity index (χ1n) is 6.51. The molecule has 102 valence electrons. The van der Waals surface area contributed by atoms with Crippen LogP contribution in [0, 0.1) is 0 Å². The van der Waals surface area contributed by atoms with Crippen molar-refractivity contribution < 1.29 is 4.79 Å². The van der Waals surface area contributed by atoms with E-state index in [4.69, 9.17) is 11.6 Å². The molecule has 0 aliphatic heterocycles. The number of rotatable bonds is 5. The summed E-state index contributed by atoms with van der Waals surface area (Å²) >= 11 is 5.88. The zero-order valence-corrected chi connectivity index (χ0v) is 12.0. The Morgan fingerprint density at radius 2 is 1.95 bits per heavy atom. The highest BCUT2D eigenvalue weighted by Gasteiger charge is 2.00. The number of hydrogen-bond donors (Lipinski definition) is 1. The Morgan fingerprint density at radius 1 is 1.20 bits per heavy atom. The van der Waals surface area contributed by atoms with Crippen molar-refractivity contribution in [2.45, 2.75) is 13.3 Å². The third kappa shape index (κ3) is 3.97. The Hall–Kier alpha value is -2.06. The van der Waals surface area contributed by atoms with Gasteiger partial charge >= 0.3 is 0 Å². The Labute approximate surface area is 124 Å². The van der Waals surface area contributed by atoms with Crippen molar-refractivity contribution in [1.82, 2.24) is 0 Å². The number of ketones is 1. The van der Waals surface area contributed by atoms with Gasteiger partial charge in [0.25, 0.3) is 0 Å². The monoisotopic (exact) mass is 285 g/mol. The van der Waals surface area contributed by atoms with Gasteiger partial charge in [0.2, 0.25) is 0 Å². The van der Waals surface area contributed by atoms with Crippen molar-refractivity contribution in [2.24, 2.45) is 0 Å². The maximum absolute atomic E-state index is 11.9. The second kappa shape index (κ2) is 6.92. The van der Waals surface area contributed by atoms with Crippen LogP contribution in [0.15, 0.2) is 60.8 Å². The van der Waals surface area contributed by atoms with Gasteiger partial charge in [0.05, 0.1) is 0 Å². The summed E-state index contributed by atoms with van der Waals surface area (Å²) in [6.45, 7) is 2.09. The van der Waals surface area contributed by atoms with E-state index in [1.165, 1.54) is 11.6 Å². The third-order valence-electron chi connectivity index (χ3n) is 2.96. The van der Waals surface area contributed by atoms with Crippen molar-refractivity contribution in [3.05, 3.63) is 77.0 Å². The predicted octanol–water partition coefficient (Wildman–Crippen LogP) is 4.71. The summed E-state index contributed by atoms with van der Waals surface area (Å²) < 4.78 is 0. The fourth-order valence-electron chi connectivity index (χ4n) is 1.79. The molecule has 3 heteroatoms. The van der Waals surface area contributed by atoms with Crippen LogP contribution in [-0.2, 0) is 6.42 Å². The van der Waals surface area contributed by atoms with E-state index < -0.39 is 0 Å². The average molecular weight is 286 g/mol. The van der Waals surface area contributed by atoms with Crippen LogP contribution in [-0.4, -0.2) is 5.78 Å². The molecular formula is C17H16ClNO. The number of hydrogen-bond acceptors (Lipinski definition) is 2. The minimum Gasteiger partial charge on any atom is -0.362 e. The number of benzene rings is 2. The molecule has 0 bridgehead atoms. The first-order valence-corrected chi connectivity index (χ1v) is 6.89. The van der Waals surface area contributed by atoms with Crippen LogP contribution in [0.2, 0.25) is 5.02 Å². The average Bonchev–Trinajstić information content (AvgIpc) is 2.47. The van der Waals surface area contributed by atoms with Crippen LogP contribution in [0.3, 0.4) is 0 Å². The summed E-state index contributed by atoms with van der Waals surface area (Å²) in [4.78, 5) is 11.9. The Morgan fingerprint density at radius 3 is 2.60 bits per heavy atom. The molecule has 0 saturated carbocycles. The lowest BCUT2D eigenvalue weighted by Gasteiger charge is -2.01. The largest absolute Gasteiger partial charge is 0.362 e. The number of halogens is 1. The molecule has 0 spiro atoms. The number of carbonyl (C=O) groups is 1. The van der Waals surface area contributed by atoms with Gasteiger partial charge in [-0.1, -0.05) is 48.9 Å². The molecule has 0 aliphatic rings. The van der Waals surface area contributed by atoms with Crippen LogP contribution in [0.1, 0.15) is 22.8 Å². The first-order chi connectivity index (χ1) is 9.69. The van der Waals surface area contributed by atoms with Gasteiger partial charge in [-0.2, -0.15) is 0 Å². The fourth-order valence-corrected chi connectivity index (χ4v) is 1.98. The maximum atomic E-state index is 11.9. The van der Waals surface area contributed by atoms with E-state index in [1.54, 1.807) is 18.3 Å². The molecule has 0 saturated heterocycles. The van der Waals surface area contributed by atoms with E-state index in [-0.39, 0.29) is 5.78 Å². The van der Waals surface area contributed by atoms with E-state index in [2.05, 4.69) is 12.2 Å². The Bertz CT molecular complexity index is 617. The van der Waals surface area contributed by atoms with Gasteiger partial charge in [-0.25, -0.2) is 0 Å². The van der Waals surface area contributed by atoms with Crippen molar-refractivity contribution in [3.8, 4) is 0 Å². The van der Waals surface area contributed by atoms with E-state index in [0.717, 1.165) is 12.1 Å². The lowest BCUT2D eigenvalue weighted by molar-refractivity contribution is 0.104. The molecular weight excluding hydrogens is 270 g/mol. The quantitative estimate of drug-likeness (QED) is 0.637. The van der Waals surface area contributed by atoms with Gasteiger partial charge in [-0.15, -0.1) is 0 Å². The van der Waals surface area contributed by atoms with Crippen LogP contribution in [0.5, 0.6) is 0 Å². The number of nitrogens with one attached hydrogen (secondary N) is 1. The van der Waals surface area contributed by atoms with Crippen molar-refractivity contribution in [2.75, 3.05) is 5.32 Å². The minimum absolute atomic E-state index is 0.0258. The first kappa shape index (κ1) is 14.4. The summed E-state index contributed by atoms with van der Waals surface area (Å²) in [7, 11) is 0. The second-order valence-electron chi connectivity index (χ2n) is 4.40. The molecule has 0 heterocycles. The SMILES string of the molecule is CCc1ccc(C(=O)/C=C\Nc2cccc(Cl)c2)cc1. The van der Waals surface area contributed by atoms with Gasteiger partial charge < -0.3 is 5.32 Å². The number of aryl methyl sites for hydroxylation is 1. The van der Waals surface area contributed by atoms with Crippen LogP contribution in [0.25, 0.3) is 0 Å². The highest BCUT2D eigenvalue weighted by molar-refractivity contribution is 6.30. The minimum atomic E-state index is -0.0258. The van der Waals surface area contributed by atoms with Gasteiger partial charge in [-0.3, -0.25) is 4.79 Å². The van der Waals surface area contributed by atoms with Crippen molar-refractivity contribution >= 4 is 23.1 Å². The third-order valence-corrected chi connectivity index (χ3v) is 3.19. The molecule has 0 amide bonds. The summed E-state index contributed by atoms with van der Waals surface area (Å²) in [5, 5.41) is 3.68. The molecule has 0 radical (unpaired) electrons. The highest BCUT2D eigenvalue weighted by atomic mass is 35.5. The Balaban J connectivity index is 1.98. The number of carbonyl (C=O) groups excluding carboxylic acids is 1. The normalized spacial score (nSPS) is 10.7. The van der Waals surface area contributed by atoms with Gasteiger partial charge in [-0.05, 0) is 30.2 Å². The van der Waals surface area contributed by atoms with Crippen LogP contribution in [0.4, 0.5) is 5.69 Å². The standard InChI is InChI=1S/C17H16ClNO/c1-2-13-6-8-14(9-7-13)17(20)10-11-19-16-5-3-4-15(18)12-16/h3-12,19H,2H2,1H3/b11-10-. The van der Waals surface area contributed by atoms with Crippen molar-refractivity contribution in [3.63, 3.8) is 0 Å². The van der Waals surface area contributed by atoms with Gasteiger partial charge in [0, 0.05) is 28.5 Å². The van der Waals surface area contributed by atoms with E-state index in [9.17, 15) is 4.79 Å². The molecule has 2 aromatic rings. The molecule has 0 fully saturated rings. The second-order valence-corrected chi connectivity index (χ2v) is 4.84. The van der Waals surface area contributed by atoms with E-state index >= 15 is 0 Å². The fraction of sp³-hybridized carbons (Fsp3) is 0.118. The lowest BCUT2D eigenvalue weighted by Crippen LogP contribution is -1.96. The molecule has 2 aromatic carbocycles. The zero-order chi connectivity index (χ0) is 14.4. The van der Waals surface area contributed by atoms with Gasteiger partial charge in [0.1, 0.15) is 0 Å². The predicted molar refractivity (Wildman–Crippen MR) is 84.4 cm³/mol. The summed E-state index contributed by atoms with van der Waals surface area (Å²) in [6, 6.07) is 15.0. The van der Waals surface area contributed by atoms with E-state index in [0.29, 0.717) is 10.6 Å². The maximum Gasteiger partial charge on any atom is 0.187 e. The summed E-state index contributed by atoms with van der Waals surface area (Å²) in [5.74, 6) is -0.0258.